The number of carbonyl (C=O) groups excluding carboxylic acids is 1. The lowest BCUT2D eigenvalue weighted by atomic mass is 10.1. The van der Waals surface area contributed by atoms with Crippen molar-refractivity contribution < 1.29 is 4.79 Å². The largest absolute Gasteiger partial charge is 0.361 e. The van der Waals surface area contributed by atoms with E-state index in [0.717, 1.165) is 54.2 Å². The molecule has 1 saturated heterocycles. The van der Waals surface area contributed by atoms with Crippen molar-refractivity contribution in [1.82, 2.24) is 20.1 Å². The molecule has 0 atom stereocenters. The normalized spacial score (nSPS) is 14.9. The first-order chi connectivity index (χ1) is 12.2. The van der Waals surface area contributed by atoms with Crippen LogP contribution in [0, 0.1) is 6.92 Å². The molecule has 1 aromatic carbocycles. The Kier molecular flexibility index (Phi) is 4.09. The number of anilines is 1. The first-order valence-corrected chi connectivity index (χ1v) is 8.59. The van der Waals surface area contributed by atoms with Crippen molar-refractivity contribution in [2.24, 2.45) is 0 Å². The molecule has 3 aromatic rings. The van der Waals surface area contributed by atoms with E-state index in [9.17, 15) is 4.79 Å². The molecule has 0 unspecified atom stereocenters. The van der Waals surface area contributed by atoms with Crippen LogP contribution in [-0.4, -0.2) is 52.2 Å². The van der Waals surface area contributed by atoms with Crippen molar-refractivity contribution >= 4 is 22.6 Å². The molecule has 1 fully saturated rings. The van der Waals surface area contributed by atoms with Gasteiger partial charge in [0.1, 0.15) is 0 Å². The average molecular weight is 335 g/mol. The molecule has 0 radical (unpaired) electrons. The van der Waals surface area contributed by atoms with E-state index in [0.29, 0.717) is 6.42 Å². The van der Waals surface area contributed by atoms with Gasteiger partial charge in [0.15, 0.2) is 5.82 Å². The highest BCUT2D eigenvalue weighted by atomic mass is 16.2. The van der Waals surface area contributed by atoms with Crippen LogP contribution in [0.4, 0.5) is 5.82 Å². The number of hydrogen-bond donors (Lipinski definition) is 1. The van der Waals surface area contributed by atoms with Gasteiger partial charge in [-0.1, -0.05) is 18.2 Å². The summed E-state index contributed by atoms with van der Waals surface area (Å²) in [4.78, 5) is 20.0. The number of H-pyrrole nitrogens is 1. The number of fused-ring (bicyclic) bond motifs is 1. The highest BCUT2D eigenvalue weighted by Crippen LogP contribution is 2.19. The van der Waals surface area contributed by atoms with Crippen molar-refractivity contribution in [1.29, 1.82) is 0 Å². The number of piperazine rings is 1. The molecule has 1 aliphatic heterocycles. The van der Waals surface area contributed by atoms with Crippen LogP contribution >= 0.6 is 0 Å². The Morgan fingerprint density at radius 2 is 1.88 bits per heavy atom. The van der Waals surface area contributed by atoms with Crippen LogP contribution < -0.4 is 4.90 Å². The SMILES string of the molecule is Cc1ccc(N2CCN(C(=O)Cc3c[nH]c4ccccc34)CC2)nn1. The quantitative estimate of drug-likeness (QED) is 0.797. The van der Waals surface area contributed by atoms with E-state index in [1.807, 2.05) is 48.4 Å². The lowest BCUT2D eigenvalue weighted by Gasteiger charge is -2.35. The fourth-order valence-electron chi connectivity index (χ4n) is 3.30. The third-order valence-electron chi connectivity index (χ3n) is 4.76. The number of aromatic amines is 1. The maximum Gasteiger partial charge on any atom is 0.227 e. The third-order valence-corrected chi connectivity index (χ3v) is 4.76. The van der Waals surface area contributed by atoms with E-state index in [1.165, 1.54) is 0 Å². The first-order valence-electron chi connectivity index (χ1n) is 8.59. The summed E-state index contributed by atoms with van der Waals surface area (Å²) < 4.78 is 0. The van der Waals surface area contributed by atoms with Crippen LogP contribution in [-0.2, 0) is 11.2 Å². The van der Waals surface area contributed by atoms with Gasteiger partial charge in [0.25, 0.3) is 0 Å². The van der Waals surface area contributed by atoms with E-state index >= 15 is 0 Å². The van der Waals surface area contributed by atoms with Crippen LogP contribution in [0.25, 0.3) is 10.9 Å². The fourth-order valence-corrected chi connectivity index (χ4v) is 3.30. The van der Waals surface area contributed by atoms with Gasteiger partial charge in [0.05, 0.1) is 12.1 Å². The van der Waals surface area contributed by atoms with Gasteiger partial charge in [-0.25, -0.2) is 0 Å². The number of hydrogen-bond acceptors (Lipinski definition) is 4. The lowest BCUT2D eigenvalue weighted by Crippen LogP contribution is -2.49. The number of rotatable bonds is 3. The Labute approximate surface area is 146 Å². The number of nitrogens with one attached hydrogen (secondary N) is 1. The zero-order valence-electron chi connectivity index (χ0n) is 14.3. The van der Waals surface area contributed by atoms with Gasteiger partial charge in [-0.15, -0.1) is 5.10 Å². The van der Waals surface area contributed by atoms with Crippen molar-refractivity contribution in [3.63, 3.8) is 0 Å². The van der Waals surface area contributed by atoms with Crippen LogP contribution in [0.5, 0.6) is 0 Å². The molecule has 4 rings (SSSR count). The van der Waals surface area contributed by atoms with Gasteiger partial charge in [-0.3, -0.25) is 4.79 Å². The van der Waals surface area contributed by atoms with Gasteiger partial charge < -0.3 is 14.8 Å². The molecule has 6 heteroatoms. The maximum atomic E-state index is 12.7. The molecular weight excluding hydrogens is 314 g/mol. The minimum atomic E-state index is 0.180. The van der Waals surface area contributed by atoms with E-state index in [4.69, 9.17) is 0 Å². The molecule has 0 saturated carbocycles. The van der Waals surface area contributed by atoms with Crippen LogP contribution in [0.2, 0.25) is 0 Å². The van der Waals surface area contributed by atoms with Crippen molar-refractivity contribution in [2.45, 2.75) is 13.3 Å². The summed E-state index contributed by atoms with van der Waals surface area (Å²) in [5.74, 6) is 1.06. The van der Waals surface area contributed by atoms with Crippen LogP contribution in [0.1, 0.15) is 11.3 Å². The monoisotopic (exact) mass is 335 g/mol. The topological polar surface area (TPSA) is 65.1 Å². The zero-order valence-corrected chi connectivity index (χ0v) is 14.3. The van der Waals surface area contributed by atoms with Crippen LogP contribution in [0.15, 0.2) is 42.6 Å². The average Bonchev–Trinajstić information content (AvgIpc) is 3.06. The Bertz CT molecular complexity index is 878. The summed E-state index contributed by atoms with van der Waals surface area (Å²) in [6.07, 6.45) is 2.38. The highest BCUT2D eigenvalue weighted by Gasteiger charge is 2.22. The third kappa shape index (κ3) is 3.20. The van der Waals surface area contributed by atoms with E-state index in [1.54, 1.807) is 0 Å². The van der Waals surface area contributed by atoms with Crippen molar-refractivity contribution in [3.8, 4) is 0 Å². The summed E-state index contributed by atoms with van der Waals surface area (Å²) in [7, 11) is 0. The van der Waals surface area contributed by atoms with E-state index in [-0.39, 0.29) is 5.91 Å². The van der Waals surface area contributed by atoms with Crippen molar-refractivity contribution in [2.75, 3.05) is 31.1 Å². The number of para-hydroxylation sites is 1. The van der Waals surface area contributed by atoms with E-state index < -0.39 is 0 Å². The first kappa shape index (κ1) is 15.6. The zero-order chi connectivity index (χ0) is 17.2. The Hall–Kier alpha value is -2.89. The number of amides is 1. The van der Waals surface area contributed by atoms with Crippen molar-refractivity contribution in [3.05, 3.63) is 53.9 Å². The molecule has 2 aromatic heterocycles. The molecule has 128 valence electrons. The standard InChI is InChI=1S/C19H21N5O/c1-14-6-7-18(22-21-14)23-8-10-24(11-9-23)19(25)12-15-13-20-17-5-3-2-4-16(15)17/h2-7,13,20H,8-12H2,1H3. The van der Waals surface area contributed by atoms with Crippen LogP contribution in [0.3, 0.4) is 0 Å². The number of benzene rings is 1. The summed E-state index contributed by atoms with van der Waals surface area (Å²) in [6, 6.07) is 12.1. The summed E-state index contributed by atoms with van der Waals surface area (Å²) in [5.41, 5.74) is 3.05. The predicted octanol–water partition coefficient (Wildman–Crippen LogP) is 2.16. The summed E-state index contributed by atoms with van der Waals surface area (Å²) in [6.45, 7) is 4.94. The minimum Gasteiger partial charge on any atom is -0.361 e. The van der Waals surface area contributed by atoms with Gasteiger partial charge in [-0.2, -0.15) is 5.10 Å². The number of carbonyl (C=O) groups is 1. The Morgan fingerprint density at radius 1 is 1.08 bits per heavy atom. The molecule has 3 heterocycles. The molecule has 25 heavy (non-hydrogen) atoms. The molecule has 1 aliphatic rings. The molecule has 1 N–H and O–H groups in total. The van der Waals surface area contributed by atoms with Gasteiger partial charge in [0, 0.05) is 43.3 Å². The second-order valence-electron chi connectivity index (χ2n) is 6.44. The Morgan fingerprint density at radius 3 is 2.64 bits per heavy atom. The molecular formula is C19H21N5O. The minimum absolute atomic E-state index is 0.180. The van der Waals surface area contributed by atoms with Gasteiger partial charge >= 0.3 is 0 Å². The summed E-state index contributed by atoms with van der Waals surface area (Å²) >= 11 is 0. The highest BCUT2D eigenvalue weighted by molar-refractivity contribution is 5.89. The second kappa shape index (κ2) is 6.55. The second-order valence-corrected chi connectivity index (χ2v) is 6.44. The molecule has 0 spiro atoms. The Balaban J connectivity index is 1.39. The van der Waals surface area contributed by atoms with E-state index in [2.05, 4.69) is 26.1 Å². The maximum absolute atomic E-state index is 12.7. The molecule has 1 amide bonds. The molecule has 6 nitrogen and oxygen atoms in total. The smallest absolute Gasteiger partial charge is 0.227 e. The number of aromatic nitrogens is 3. The molecule has 0 aliphatic carbocycles. The number of nitrogens with zero attached hydrogens (tertiary/aromatic N) is 4. The predicted molar refractivity (Wildman–Crippen MR) is 97.6 cm³/mol. The van der Waals surface area contributed by atoms with Gasteiger partial charge in [-0.05, 0) is 30.7 Å². The lowest BCUT2D eigenvalue weighted by molar-refractivity contribution is -0.130. The number of aryl methyl sites for hydroxylation is 1. The molecule has 0 bridgehead atoms. The fraction of sp³-hybridized carbons (Fsp3) is 0.316. The summed E-state index contributed by atoms with van der Waals surface area (Å²) in [5, 5.41) is 9.48. The van der Waals surface area contributed by atoms with Gasteiger partial charge in [0.2, 0.25) is 5.91 Å².